The standard InChI is InChI=1S/C17H23N3S/c1-21-17-4-2-3-16(15(17)11-18)20(14-5-6-14)12-13-7-9-19-10-8-13/h2-4,13-14,19H,5-10,12H2,1H3. The first kappa shape index (κ1) is 14.7. The molecule has 3 rings (SSSR count). The van der Waals surface area contributed by atoms with Crippen LogP contribution in [0.25, 0.3) is 0 Å². The van der Waals surface area contributed by atoms with Crippen molar-refractivity contribution in [2.24, 2.45) is 5.92 Å². The van der Waals surface area contributed by atoms with Crippen LogP contribution in [0.3, 0.4) is 0 Å². The highest BCUT2D eigenvalue weighted by Gasteiger charge is 2.32. The minimum atomic E-state index is 0.657. The first-order valence-corrected chi connectivity index (χ1v) is 9.10. The normalized spacial score (nSPS) is 19.2. The maximum Gasteiger partial charge on any atom is 0.103 e. The molecular weight excluding hydrogens is 278 g/mol. The summed E-state index contributed by atoms with van der Waals surface area (Å²) in [6.07, 6.45) is 7.12. The fourth-order valence-electron chi connectivity index (χ4n) is 3.21. The van der Waals surface area contributed by atoms with Crippen molar-refractivity contribution in [3.8, 4) is 6.07 Å². The third-order valence-corrected chi connectivity index (χ3v) is 5.33. The van der Waals surface area contributed by atoms with Gasteiger partial charge in [-0.25, -0.2) is 0 Å². The second kappa shape index (κ2) is 6.72. The Labute approximate surface area is 131 Å². The van der Waals surface area contributed by atoms with Gasteiger partial charge in [-0.1, -0.05) is 6.07 Å². The Balaban J connectivity index is 1.85. The summed E-state index contributed by atoms with van der Waals surface area (Å²) in [5.41, 5.74) is 2.02. The van der Waals surface area contributed by atoms with E-state index in [-0.39, 0.29) is 0 Å². The van der Waals surface area contributed by atoms with Gasteiger partial charge in [-0.05, 0) is 63.1 Å². The van der Waals surface area contributed by atoms with E-state index in [1.165, 1.54) is 25.7 Å². The molecule has 1 saturated heterocycles. The average Bonchev–Trinajstić information content (AvgIpc) is 3.37. The van der Waals surface area contributed by atoms with Crippen molar-refractivity contribution in [1.82, 2.24) is 5.32 Å². The van der Waals surface area contributed by atoms with E-state index in [9.17, 15) is 5.26 Å². The lowest BCUT2D eigenvalue weighted by Gasteiger charge is -2.32. The molecule has 0 spiro atoms. The Bertz CT molecular complexity index is 527. The number of hydrogen-bond acceptors (Lipinski definition) is 4. The zero-order valence-corrected chi connectivity index (χ0v) is 13.5. The molecule has 2 fully saturated rings. The van der Waals surface area contributed by atoms with Crippen molar-refractivity contribution in [2.45, 2.75) is 36.6 Å². The lowest BCUT2D eigenvalue weighted by atomic mass is 9.97. The summed E-state index contributed by atoms with van der Waals surface area (Å²) in [5, 5.41) is 13.0. The Kier molecular flexibility index (Phi) is 4.72. The Morgan fingerprint density at radius 3 is 2.67 bits per heavy atom. The van der Waals surface area contributed by atoms with Crippen LogP contribution in [0.1, 0.15) is 31.2 Å². The van der Waals surface area contributed by atoms with E-state index < -0.39 is 0 Å². The van der Waals surface area contributed by atoms with E-state index in [0.717, 1.165) is 41.7 Å². The monoisotopic (exact) mass is 301 g/mol. The number of anilines is 1. The van der Waals surface area contributed by atoms with Crippen molar-refractivity contribution < 1.29 is 0 Å². The molecule has 0 unspecified atom stereocenters. The van der Waals surface area contributed by atoms with Gasteiger partial charge in [0.05, 0.1) is 11.3 Å². The number of piperidine rings is 1. The number of rotatable bonds is 5. The van der Waals surface area contributed by atoms with Gasteiger partial charge in [-0.15, -0.1) is 11.8 Å². The third-order valence-electron chi connectivity index (χ3n) is 4.55. The molecule has 0 atom stereocenters. The molecule has 1 aliphatic carbocycles. The van der Waals surface area contributed by atoms with Crippen molar-refractivity contribution in [2.75, 3.05) is 30.8 Å². The Hall–Kier alpha value is -1.18. The number of nitrogens with zero attached hydrogens (tertiary/aromatic N) is 2. The van der Waals surface area contributed by atoms with Crippen LogP contribution in [0.15, 0.2) is 23.1 Å². The summed E-state index contributed by atoms with van der Waals surface area (Å²) >= 11 is 1.67. The van der Waals surface area contributed by atoms with E-state index in [1.54, 1.807) is 11.8 Å². The molecule has 0 aromatic heterocycles. The Morgan fingerprint density at radius 2 is 2.05 bits per heavy atom. The summed E-state index contributed by atoms with van der Waals surface area (Å²) in [7, 11) is 0. The molecule has 1 saturated carbocycles. The van der Waals surface area contributed by atoms with Gasteiger partial charge < -0.3 is 10.2 Å². The molecular formula is C17H23N3S. The van der Waals surface area contributed by atoms with E-state index in [4.69, 9.17) is 0 Å². The average molecular weight is 301 g/mol. The molecule has 1 aromatic rings. The molecule has 1 aliphatic heterocycles. The second-order valence-corrected chi connectivity index (χ2v) is 6.89. The number of benzene rings is 1. The van der Waals surface area contributed by atoms with E-state index in [0.29, 0.717) is 6.04 Å². The van der Waals surface area contributed by atoms with Gasteiger partial charge in [0.1, 0.15) is 6.07 Å². The zero-order chi connectivity index (χ0) is 14.7. The number of nitriles is 1. The lowest BCUT2D eigenvalue weighted by Crippen LogP contribution is -2.37. The van der Waals surface area contributed by atoms with Crippen LogP contribution in [0, 0.1) is 17.2 Å². The summed E-state index contributed by atoms with van der Waals surface area (Å²) < 4.78 is 0. The first-order chi connectivity index (χ1) is 10.3. The van der Waals surface area contributed by atoms with Gasteiger partial charge in [0.15, 0.2) is 0 Å². The van der Waals surface area contributed by atoms with Crippen LogP contribution in [-0.4, -0.2) is 31.9 Å². The van der Waals surface area contributed by atoms with Crippen molar-refractivity contribution >= 4 is 17.4 Å². The maximum absolute atomic E-state index is 9.59. The highest BCUT2D eigenvalue weighted by molar-refractivity contribution is 7.98. The van der Waals surface area contributed by atoms with Gasteiger partial charge in [0.25, 0.3) is 0 Å². The van der Waals surface area contributed by atoms with E-state index in [1.807, 2.05) is 6.26 Å². The highest BCUT2D eigenvalue weighted by atomic mass is 32.2. The first-order valence-electron chi connectivity index (χ1n) is 7.88. The molecule has 1 heterocycles. The third kappa shape index (κ3) is 3.36. The van der Waals surface area contributed by atoms with Gasteiger partial charge in [0.2, 0.25) is 0 Å². The molecule has 0 amide bonds. The topological polar surface area (TPSA) is 39.1 Å². The molecule has 1 N–H and O–H groups in total. The number of nitrogens with one attached hydrogen (secondary N) is 1. The molecule has 4 heteroatoms. The number of thioether (sulfide) groups is 1. The minimum absolute atomic E-state index is 0.657. The fraction of sp³-hybridized carbons (Fsp3) is 0.588. The van der Waals surface area contributed by atoms with E-state index in [2.05, 4.69) is 34.5 Å². The van der Waals surface area contributed by atoms with Crippen LogP contribution in [-0.2, 0) is 0 Å². The van der Waals surface area contributed by atoms with Gasteiger partial charge in [-0.2, -0.15) is 5.26 Å². The summed E-state index contributed by atoms with van der Waals surface area (Å²) in [5.74, 6) is 0.760. The van der Waals surface area contributed by atoms with Crippen LogP contribution < -0.4 is 10.2 Å². The van der Waals surface area contributed by atoms with Crippen LogP contribution in [0.2, 0.25) is 0 Å². The van der Waals surface area contributed by atoms with E-state index >= 15 is 0 Å². The summed E-state index contributed by atoms with van der Waals surface area (Å²) in [6.45, 7) is 3.39. The van der Waals surface area contributed by atoms with Gasteiger partial charge in [0, 0.05) is 17.5 Å². The second-order valence-electron chi connectivity index (χ2n) is 6.04. The molecule has 2 aliphatic rings. The van der Waals surface area contributed by atoms with Gasteiger partial charge >= 0.3 is 0 Å². The Morgan fingerprint density at radius 1 is 1.29 bits per heavy atom. The predicted molar refractivity (Wildman–Crippen MR) is 88.9 cm³/mol. The van der Waals surface area contributed by atoms with Crippen LogP contribution in [0.4, 0.5) is 5.69 Å². The number of hydrogen-bond donors (Lipinski definition) is 1. The molecule has 0 bridgehead atoms. The van der Waals surface area contributed by atoms with Crippen molar-refractivity contribution in [1.29, 1.82) is 5.26 Å². The van der Waals surface area contributed by atoms with Crippen molar-refractivity contribution in [3.05, 3.63) is 23.8 Å². The zero-order valence-electron chi connectivity index (χ0n) is 12.6. The highest BCUT2D eigenvalue weighted by Crippen LogP contribution is 2.37. The lowest BCUT2D eigenvalue weighted by molar-refractivity contribution is 0.372. The fourth-order valence-corrected chi connectivity index (χ4v) is 3.78. The minimum Gasteiger partial charge on any atom is -0.367 e. The molecule has 1 aromatic carbocycles. The predicted octanol–water partition coefficient (Wildman–Crippen LogP) is 3.25. The van der Waals surface area contributed by atoms with Crippen LogP contribution >= 0.6 is 11.8 Å². The molecule has 21 heavy (non-hydrogen) atoms. The smallest absolute Gasteiger partial charge is 0.103 e. The molecule has 3 nitrogen and oxygen atoms in total. The van der Waals surface area contributed by atoms with Crippen LogP contribution in [0.5, 0.6) is 0 Å². The SMILES string of the molecule is CSc1cccc(N(CC2CCNCC2)C2CC2)c1C#N. The molecule has 0 radical (unpaired) electrons. The van der Waals surface area contributed by atoms with Crippen molar-refractivity contribution in [3.63, 3.8) is 0 Å². The summed E-state index contributed by atoms with van der Waals surface area (Å²) in [4.78, 5) is 3.62. The maximum atomic E-state index is 9.59. The van der Waals surface area contributed by atoms with Gasteiger partial charge in [-0.3, -0.25) is 0 Å². The molecule has 112 valence electrons. The largest absolute Gasteiger partial charge is 0.367 e. The summed E-state index contributed by atoms with van der Waals surface area (Å²) in [6, 6.07) is 9.39. The quantitative estimate of drug-likeness (QED) is 0.847.